The lowest BCUT2D eigenvalue weighted by Crippen LogP contribution is -2.21. The van der Waals surface area contributed by atoms with Crippen LogP contribution in [0.2, 0.25) is 5.02 Å². The molecule has 1 aliphatic rings. The van der Waals surface area contributed by atoms with Crippen molar-refractivity contribution < 1.29 is 14.3 Å². The van der Waals surface area contributed by atoms with Crippen molar-refractivity contribution in [2.45, 2.75) is 39.8 Å². The van der Waals surface area contributed by atoms with Crippen molar-refractivity contribution in [3.05, 3.63) is 52.4 Å². The lowest BCUT2D eigenvalue weighted by Gasteiger charge is -2.15. The van der Waals surface area contributed by atoms with Gasteiger partial charge in [0.1, 0.15) is 5.82 Å². The zero-order chi connectivity index (χ0) is 20.5. The van der Waals surface area contributed by atoms with Crippen LogP contribution in [0.15, 0.2) is 30.5 Å². The molecule has 1 N–H and O–H groups in total. The maximum atomic E-state index is 12.6. The Hall–Kier alpha value is -3.00. The number of amides is 1. The van der Waals surface area contributed by atoms with Crippen LogP contribution in [0.25, 0.3) is 0 Å². The van der Waals surface area contributed by atoms with Gasteiger partial charge in [-0.3, -0.25) is 9.48 Å². The van der Waals surface area contributed by atoms with Crippen molar-refractivity contribution in [2.75, 3.05) is 12.1 Å². The maximum absolute atomic E-state index is 12.6. The molecule has 3 aromatic rings. The zero-order valence-electron chi connectivity index (χ0n) is 16.5. The highest BCUT2D eigenvalue weighted by Crippen LogP contribution is 2.32. The van der Waals surface area contributed by atoms with Crippen molar-refractivity contribution >= 4 is 23.3 Å². The van der Waals surface area contributed by atoms with Gasteiger partial charge in [-0.2, -0.15) is 10.2 Å². The number of nitrogens with one attached hydrogen (secondary N) is 1. The Morgan fingerprint density at radius 2 is 2.07 bits per heavy atom. The largest absolute Gasteiger partial charge is 0.454 e. The molecule has 0 radical (unpaired) electrons. The van der Waals surface area contributed by atoms with Gasteiger partial charge in [-0.15, -0.1) is 0 Å². The molecule has 9 heteroatoms. The second-order valence-corrected chi connectivity index (χ2v) is 7.47. The van der Waals surface area contributed by atoms with Crippen LogP contribution in [0.5, 0.6) is 11.5 Å². The minimum atomic E-state index is -0.119. The van der Waals surface area contributed by atoms with Gasteiger partial charge in [0.15, 0.2) is 11.5 Å². The molecule has 0 aliphatic carbocycles. The Morgan fingerprint density at radius 3 is 2.83 bits per heavy atom. The van der Waals surface area contributed by atoms with Crippen LogP contribution in [0.4, 0.5) is 5.82 Å². The summed E-state index contributed by atoms with van der Waals surface area (Å²) in [5.41, 5.74) is 2.62. The van der Waals surface area contributed by atoms with E-state index >= 15 is 0 Å². The fourth-order valence-corrected chi connectivity index (χ4v) is 3.52. The molecule has 0 bridgehead atoms. The summed E-state index contributed by atoms with van der Waals surface area (Å²) in [4.78, 5) is 12.6. The molecule has 1 aliphatic heterocycles. The fraction of sp³-hybridized carbons (Fsp3) is 0.350. The number of carbonyl (C=O) groups is 1. The number of halogens is 1. The van der Waals surface area contributed by atoms with Crippen molar-refractivity contribution in [2.24, 2.45) is 0 Å². The molecule has 0 saturated heterocycles. The third-order valence-corrected chi connectivity index (χ3v) is 5.44. The number of nitrogens with zero attached hydrogens (tertiary/aromatic N) is 4. The summed E-state index contributed by atoms with van der Waals surface area (Å²) in [5, 5.41) is 12.3. The molecule has 4 rings (SSSR count). The number of rotatable bonds is 6. The summed E-state index contributed by atoms with van der Waals surface area (Å²) < 4.78 is 14.3. The van der Waals surface area contributed by atoms with Gasteiger partial charge in [-0.05, 0) is 38.5 Å². The van der Waals surface area contributed by atoms with Gasteiger partial charge in [0.25, 0.3) is 0 Å². The van der Waals surface area contributed by atoms with Gasteiger partial charge < -0.3 is 14.8 Å². The van der Waals surface area contributed by atoms with Gasteiger partial charge in [-0.25, -0.2) is 4.68 Å². The number of benzene rings is 1. The maximum Gasteiger partial charge on any atom is 0.231 e. The van der Waals surface area contributed by atoms with Gasteiger partial charge >= 0.3 is 0 Å². The van der Waals surface area contributed by atoms with Crippen molar-refractivity contribution in [1.29, 1.82) is 0 Å². The lowest BCUT2D eigenvalue weighted by atomic mass is 10.2. The van der Waals surface area contributed by atoms with E-state index in [0.717, 1.165) is 28.5 Å². The highest BCUT2D eigenvalue weighted by atomic mass is 35.5. The van der Waals surface area contributed by atoms with Crippen LogP contribution in [-0.2, 0) is 11.3 Å². The number of fused-ring (bicyclic) bond motifs is 1. The molecule has 0 fully saturated rings. The highest BCUT2D eigenvalue weighted by molar-refractivity contribution is 6.31. The SMILES string of the molecule is Cc1nn([C@H](C)CC(=O)Nc2ccnn2Cc2ccc3c(c2)OCO3)c(C)c1Cl. The van der Waals surface area contributed by atoms with Gasteiger partial charge in [0, 0.05) is 12.5 Å². The topological polar surface area (TPSA) is 83.2 Å². The van der Waals surface area contributed by atoms with E-state index in [4.69, 9.17) is 21.1 Å². The Balaban J connectivity index is 1.42. The van der Waals surface area contributed by atoms with Gasteiger partial charge in [0.05, 0.1) is 35.2 Å². The molecular weight excluding hydrogens is 394 g/mol. The Labute approximate surface area is 173 Å². The van der Waals surface area contributed by atoms with E-state index in [9.17, 15) is 4.79 Å². The molecule has 0 unspecified atom stereocenters. The third kappa shape index (κ3) is 3.93. The van der Waals surface area contributed by atoms with E-state index in [2.05, 4.69) is 15.5 Å². The Bertz CT molecular complexity index is 1060. The molecule has 1 aromatic carbocycles. The second kappa shape index (κ2) is 7.79. The van der Waals surface area contributed by atoms with E-state index in [1.165, 1.54) is 0 Å². The summed E-state index contributed by atoms with van der Waals surface area (Å²) in [6, 6.07) is 7.40. The molecule has 0 spiro atoms. The summed E-state index contributed by atoms with van der Waals surface area (Å²) >= 11 is 6.21. The van der Waals surface area contributed by atoms with Crippen molar-refractivity contribution in [3.8, 4) is 11.5 Å². The second-order valence-electron chi connectivity index (χ2n) is 7.09. The molecule has 2 aromatic heterocycles. The number of aromatic nitrogens is 4. The zero-order valence-corrected chi connectivity index (χ0v) is 17.2. The quantitative estimate of drug-likeness (QED) is 0.663. The molecule has 0 saturated carbocycles. The predicted molar refractivity (Wildman–Crippen MR) is 109 cm³/mol. The van der Waals surface area contributed by atoms with Crippen LogP contribution in [-0.4, -0.2) is 32.3 Å². The van der Waals surface area contributed by atoms with E-state index in [-0.39, 0.29) is 25.2 Å². The minimum Gasteiger partial charge on any atom is -0.454 e. The van der Waals surface area contributed by atoms with E-state index < -0.39 is 0 Å². The number of aryl methyl sites for hydroxylation is 1. The van der Waals surface area contributed by atoms with Crippen molar-refractivity contribution in [3.63, 3.8) is 0 Å². The van der Waals surface area contributed by atoms with Crippen LogP contribution in [0.1, 0.15) is 36.3 Å². The van der Waals surface area contributed by atoms with Crippen LogP contribution >= 0.6 is 11.6 Å². The number of carbonyl (C=O) groups excluding carboxylic acids is 1. The Morgan fingerprint density at radius 1 is 1.28 bits per heavy atom. The number of ether oxygens (including phenoxy) is 2. The standard InChI is InChI=1S/C20H22ClN5O3/c1-12(26-14(3)20(21)13(2)24-26)8-19(27)23-18-6-7-22-25(18)10-15-4-5-16-17(9-15)29-11-28-16/h4-7,9,12H,8,10-11H2,1-3H3,(H,23,27)/t12-/m1/s1. The molecule has 8 nitrogen and oxygen atoms in total. The first-order valence-corrected chi connectivity index (χ1v) is 9.71. The third-order valence-electron chi connectivity index (χ3n) is 4.89. The molecule has 29 heavy (non-hydrogen) atoms. The lowest BCUT2D eigenvalue weighted by molar-refractivity contribution is -0.116. The van der Waals surface area contributed by atoms with Crippen LogP contribution in [0.3, 0.4) is 0 Å². The van der Waals surface area contributed by atoms with Crippen molar-refractivity contribution in [1.82, 2.24) is 19.6 Å². The number of hydrogen-bond donors (Lipinski definition) is 1. The normalized spacial score (nSPS) is 13.5. The van der Waals surface area contributed by atoms with Gasteiger partial charge in [0.2, 0.25) is 12.7 Å². The predicted octanol–water partition coefficient (Wildman–Crippen LogP) is 3.72. The molecule has 1 atom stereocenters. The molecule has 1 amide bonds. The van der Waals surface area contributed by atoms with Crippen LogP contribution in [0, 0.1) is 13.8 Å². The van der Waals surface area contributed by atoms with E-state index in [0.29, 0.717) is 17.4 Å². The smallest absolute Gasteiger partial charge is 0.231 e. The number of hydrogen-bond acceptors (Lipinski definition) is 5. The van der Waals surface area contributed by atoms with Gasteiger partial charge in [-0.1, -0.05) is 17.7 Å². The summed E-state index contributed by atoms with van der Waals surface area (Å²) in [6.45, 7) is 6.44. The molecule has 152 valence electrons. The summed E-state index contributed by atoms with van der Waals surface area (Å²) in [5.74, 6) is 1.97. The molecule has 3 heterocycles. The molecular formula is C20H22ClN5O3. The Kier molecular flexibility index (Phi) is 5.19. The summed E-state index contributed by atoms with van der Waals surface area (Å²) in [6.07, 6.45) is 1.93. The highest BCUT2D eigenvalue weighted by Gasteiger charge is 2.18. The van der Waals surface area contributed by atoms with E-state index in [1.54, 1.807) is 21.6 Å². The van der Waals surface area contributed by atoms with E-state index in [1.807, 2.05) is 39.0 Å². The fourth-order valence-electron chi connectivity index (χ4n) is 3.40. The van der Waals surface area contributed by atoms with Crippen LogP contribution < -0.4 is 14.8 Å². The average Bonchev–Trinajstić information content (AvgIpc) is 3.38. The first-order valence-electron chi connectivity index (χ1n) is 9.33. The monoisotopic (exact) mass is 415 g/mol. The summed E-state index contributed by atoms with van der Waals surface area (Å²) in [7, 11) is 0. The minimum absolute atomic E-state index is 0.117. The first-order chi connectivity index (χ1) is 13.9. The first kappa shape index (κ1) is 19.3. The average molecular weight is 416 g/mol. The number of anilines is 1.